The molecule has 0 aromatic heterocycles. The number of unbranched alkanes of at least 4 members (excludes halogenated alkanes) is 39. The third-order valence-electron chi connectivity index (χ3n) is 13.0. The minimum atomic E-state index is -0.779. The van der Waals surface area contributed by atoms with Crippen LogP contribution in [-0.4, -0.2) is 37.2 Å². The maximum atomic E-state index is 12.8. The molecule has 0 rings (SSSR count). The Morgan fingerprint density at radius 3 is 0.831 bits per heavy atom. The van der Waals surface area contributed by atoms with Crippen molar-refractivity contribution in [2.45, 2.75) is 322 Å². The van der Waals surface area contributed by atoms with Gasteiger partial charge in [-0.1, -0.05) is 276 Å². The Balaban J connectivity index is 4.34. The van der Waals surface area contributed by atoms with E-state index in [-0.39, 0.29) is 31.1 Å². The largest absolute Gasteiger partial charge is 0.462 e. The van der Waals surface area contributed by atoms with E-state index in [2.05, 4.69) is 45.1 Å². The lowest BCUT2D eigenvalue weighted by molar-refractivity contribution is -0.167. The van der Waals surface area contributed by atoms with Gasteiger partial charge in [-0.25, -0.2) is 0 Å². The first kappa shape index (κ1) is 62.9. The fourth-order valence-electron chi connectivity index (χ4n) is 8.61. The minimum Gasteiger partial charge on any atom is -0.462 e. The van der Waals surface area contributed by atoms with Gasteiger partial charge in [0.25, 0.3) is 0 Å². The fraction of sp³-hybridized carbons (Fsp3) is 0.881. The molecular formula is C59H110O6. The van der Waals surface area contributed by atoms with Gasteiger partial charge in [0, 0.05) is 19.3 Å². The summed E-state index contributed by atoms with van der Waals surface area (Å²) in [7, 11) is 0. The fourth-order valence-corrected chi connectivity index (χ4v) is 8.61. The molecule has 382 valence electrons. The Bertz CT molecular complexity index is 1050. The van der Waals surface area contributed by atoms with Gasteiger partial charge < -0.3 is 14.2 Å². The number of ether oxygens (including phenoxy) is 3. The van der Waals surface area contributed by atoms with E-state index in [9.17, 15) is 14.4 Å². The molecule has 6 heteroatoms. The van der Waals surface area contributed by atoms with E-state index < -0.39 is 6.10 Å². The van der Waals surface area contributed by atoms with Crippen LogP contribution >= 0.6 is 0 Å². The molecule has 0 amide bonds. The average molecular weight is 916 g/mol. The molecule has 0 radical (unpaired) electrons. The summed E-state index contributed by atoms with van der Waals surface area (Å²) in [6.07, 6.45) is 63.1. The highest BCUT2D eigenvalue weighted by atomic mass is 16.6. The number of rotatable bonds is 53. The van der Waals surface area contributed by atoms with Gasteiger partial charge in [0.1, 0.15) is 13.2 Å². The molecule has 0 saturated carbocycles. The molecule has 0 bridgehead atoms. The zero-order valence-corrected chi connectivity index (χ0v) is 43.8. The van der Waals surface area contributed by atoms with E-state index in [0.29, 0.717) is 19.3 Å². The van der Waals surface area contributed by atoms with Gasteiger partial charge in [-0.05, 0) is 44.9 Å². The number of carbonyl (C=O) groups is 3. The molecule has 0 aliphatic carbocycles. The molecule has 65 heavy (non-hydrogen) atoms. The lowest BCUT2D eigenvalue weighted by Crippen LogP contribution is -2.30. The van der Waals surface area contributed by atoms with Crippen molar-refractivity contribution in [3.63, 3.8) is 0 Å². The third kappa shape index (κ3) is 52.7. The lowest BCUT2D eigenvalue weighted by atomic mass is 10.0. The number of carbonyl (C=O) groups excluding carboxylic acids is 3. The van der Waals surface area contributed by atoms with Crippen molar-refractivity contribution in [3.05, 3.63) is 24.3 Å². The van der Waals surface area contributed by atoms with Gasteiger partial charge in [-0.3, -0.25) is 14.4 Å². The highest BCUT2D eigenvalue weighted by Gasteiger charge is 2.19. The van der Waals surface area contributed by atoms with Crippen molar-refractivity contribution in [2.75, 3.05) is 13.2 Å². The second kappa shape index (κ2) is 54.5. The van der Waals surface area contributed by atoms with Crippen LogP contribution in [0.3, 0.4) is 0 Å². The summed E-state index contributed by atoms with van der Waals surface area (Å²) in [4.78, 5) is 38.1. The molecule has 1 unspecified atom stereocenters. The Morgan fingerprint density at radius 2 is 0.538 bits per heavy atom. The Kier molecular flexibility index (Phi) is 52.7. The molecule has 0 aliphatic rings. The summed E-state index contributed by atoms with van der Waals surface area (Å²) in [5.41, 5.74) is 0. The zero-order chi connectivity index (χ0) is 47.2. The van der Waals surface area contributed by atoms with Crippen LogP contribution < -0.4 is 0 Å². The molecule has 0 saturated heterocycles. The topological polar surface area (TPSA) is 78.9 Å². The van der Waals surface area contributed by atoms with E-state index in [4.69, 9.17) is 14.2 Å². The van der Waals surface area contributed by atoms with Crippen molar-refractivity contribution in [3.8, 4) is 0 Å². The van der Waals surface area contributed by atoms with Crippen LogP contribution in [0.2, 0.25) is 0 Å². The van der Waals surface area contributed by atoms with Gasteiger partial charge in [0.05, 0.1) is 0 Å². The van der Waals surface area contributed by atoms with Crippen LogP contribution in [0.25, 0.3) is 0 Å². The summed E-state index contributed by atoms with van der Waals surface area (Å²) >= 11 is 0. The number of hydrogen-bond acceptors (Lipinski definition) is 6. The monoisotopic (exact) mass is 915 g/mol. The summed E-state index contributed by atoms with van der Waals surface area (Å²) in [6, 6.07) is 0. The SMILES string of the molecule is CCCCCCCCC/C=C\C=C/CCCCCC(=O)OC(COC(=O)CCCCCCCCCCCCCCC)COC(=O)CCCCCCCCCCCCCCCCCCCC. The maximum Gasteiger partial charge on any atom is 0.306 e. The standard InChI is InChI=1S/C59H110O6/c1-4-7-10-13-16-19-22-25-27-29-30-32-34-37-40-43-46-49-52-58(61)64-55-56(54-63-57(60)51-48-45-42-39-36-33-24-21-18-15-12-9-6-3)65-59(62)53-50-47-44-41-38-35-31-28-26-23-20-17-14-11-8-5-2/h28,31,35,38,56H,4-27,29-30,32-34,36-37,39-55H2,1-3H3/b31-28-,38-35-. The highest BCUT2D eigenvalue weighted by molar-refractivity contribution is 5.71. The van der Waals surface area contributed by atoms with Crippen LogP contribution in [0.15, 0.2) is 24.3 Å². The molecule has 0 fully saturated rings. The summed E-state index contributed by atoms with van der Waals surface area (Å²) in [6.45, 7) is 6.66. The van der Waals surface area contributed by atoms with Gasteiger partial charge in [0.15, 0.2) is 6.10 Å². The Morgan fingerprint density at radius 1 is 0.308 bits per heavy atom. The van der Waals surface area contributed by atoms with Crippen LogP contribution in [0.5, 0.6) is 0 Å². The molecule has 0 aromatic rings. The molecular weight excluding hydrogens is 805 g/mol. The van der Waals surface area contributed by atoms with Crippen molar-refractivity contribution in [1.82, 2.24) is 0 Å². The quantitative estimate of drug-likeness (QED) is 0.0262. The molecule has 0 heterocycles. The predicted octanol–water partition coefficient (Wildman–Crippen LogP) is 19.1. The lowest BCUT2D eigenvalue weighted by Gasteiger charge is -2.18. The van der Waals surface area contributed by atoms with E-state index in [1.165, 1.54) is 205 Å². The Labute approximate surface area is 404 Å². The average Bonchev–Trinajstić information content (AvgIpc) is 3.30. The van der Waals surface area contributed by atoms with E-state index in [0.717, 1.165) is 70.6 Å². The van der Waals surface area contributed by atoms with Crippen LogP contribution in [0.4, 0.5) is 0 Å². The predicted molar refractivity (Wildman–Crippen MR) is 279 cm³/mol. The highest BCUT2D eigenvalue weighted by Crippen LogP contribution is 2.17. The van der Waals surface area contributed by atoms with Gasteiger partial charge >= 0.3 is 17.9 Å². The first-order chi connectivity index (χ1) is 32.0. The van der Waals surface area contributed by atoms with Crippen molar-refractivity contribution >= 4 is 17.9 Å². The first-order valence-electron chi connectivity index (χ1n) is 28.9. The molecule has 0 aromatic carbocycles. The molecule has 0 N–H and O–H groups in total. The smallest absolute Gasteiger partial charge is 0.306 e. The summed E-state index contributed by atoms with van der Waals surface area (Å²) in [5.74, 6) is -0.882. The van der Waals surface area contributed by atoms with E-state index >= 15 is 0 Å². The van der Waals surface area contributed by atoms with Gasteiger partial charge in [-0.15, -0.1) is 0 Å². The minimum absolute atomic E-state index is 0.0765. The summed E-state index contributed by atoms with van der Waals surface area (Å²) in [5, 5.41) is 0. The number of allylic oxidation sites excluding steroid dienone is 4. The van der Waals surface area contributed by atoms with Gasteiger partial charge in [-0.2, -0.15) is 0 Å². The zero-order valence-electron chi connectivity index (χ0n) is 43.8. The number of hydrogen-bond donors (Lipinski definition) is 0. The van der Waals surface area contributed by atoms with Crippen LogP contribution in [0, 0.1) is 0 Å². The van der Waals surface area contributed by atoms with E-state index in [1.807, 2.05) is 0 Å². The van der Waals surface area contributed by atoms with Crippen LogP contribution in [-0.2, 0) is 28.6 Å². The maximum absolute atomic E-state index is 12.8. The molecule has 1 atom stereocenters. The molecule has 0 aliphatic heterocycles. The second-order valence-electron chi connectivity index (χ2n) is 19.6. The second-order valence-corrected chi connectivity index (χ2v) is 19.6. The van der Waals surface area contributed by atoms with Crippen molar-refractivity contribution in [1.29, 1.82) is 0 Å². The van der Waals surface area contributed by atoms with Gasteiger partial charge in [0.2, 0.25) is 0 Å². The van der Waals surface area contributed by atoms with E-state index in [1.54, 1.807) is 0 Å². The van der Waals surface area contributed by atoms with Crippen molar-refractivity contribution < 1.29 is 28.6 Å². The normalized spacial score (nSPS) is 12.1. The first-order valence-corrected chi connectivity index (χ1v) is 28.9. The third-order valence-corrected chi connectivity index (χ3v) is 13.0. The Hall–Kier alpha value is -2.11. The van der Waals surface area contributed by atoms with Crippen LogP contribution in [0.1, 0.15) is 316 Å². The number of esters is 3. The van der Waals surface area contributed by atoms with Crippen molar-refractivity contribution in [2.24, 2.45) is 0 Å². The summed E-state index contributed by atoms with van der Waals surface area (Å²) < 4.78 is 16.8. The molecule has 6 nitrogen and oxygen atoms in total. The molecule has 0 spiro atoms.